The summed E-state index contributed by atoms with van der Waals surface area (Å²) in [5, 5.41) is 2.93. The Morgan fingerprint density at radius 1 is 1.17 bits per heavy atom. The maximum atomic E-state index is 11.9. The molecule has 0 aliphatic rings. The molecule has 94 valence electrons. The highest BCUT2D eigenvalue weighted by molar-refractivity contribution is 5.94. The molecule has 0 bridgehead atoms. The van der Waals surface area contributed by atoms with Crippen molar-refractivity contribution in [2.45, 2.75) is 27.3 Å². The molecule has 0 saturated heterocycles. The first-order valence-electron chi connectivity index (χ1n) is 6.06. The van der Waals surface area contributed by atoms with Crippen molar-refractivity contribution >= 4 is 5.91 Å². The number of carbonyl (C=O) groups excluding carboxylic acids is 1. The lowest BCUT2D eigenvalue weighted by molar-refractivity contribution is 0.0951. The van der Waals surface area contributed by atoms with Gasteiger partial charge in [0.25, 0.3) is 5.91 Å². The summed E-state index contributed by atoms with van der Waals surface area (Å²) in [7, 11) is 0. The van der Waals surface area contributed by atoms with Crippen LogP contribution in [0.25, 0.3) is 0 Å². The van der Waals surface area contributed by atoms with Gasteiger partial charge in [-0.25, -0.2) is 0 Å². The fourth-order valence-electron chi connectivity index (χ4n) is 1.95. The van der Waals surface area contributed by atoms with Gasteiger partial charge in [0, 0.05) is 23.5 Å². The third-order valence-corrected chi connectivity index (χ3v) is 3.01. The Kier molecular flexibility index (Phi) is 3.51. The zero-order chi connectivity index (χ0) is 13.1. The number of carbonyl (C=O) groups is 1. The van der Waals surface area contributed by atoms with Crippen LogP contribution in [-0.4, -0.2) is 10.9 Å². The van der Waals surface area contributed by atoms with Crippen LogP contribution >= 0.6 is 0 Å². The number of hydrogen-bond donors (Lipinski definition) is 2. The molecule has 3 heteroatoms. The Labute approximate surface area is 107 Å². The fraction of sp³-hybridized carbons (Fsp3) is 0.267. The Morgan fingerprint density at radius 2 is 1.83 bits per heavy atom. The standard InChI is InChI=1S/C15H18N2O/c1-10-4-6-13(7-5-10)15(18)16-9-14-8-11(2)17-12(14)3/h4-8,17H,9H2,1-3H3,(H,16,18). The molecular weight excluding hydrogens is 224 g/mol. The summed E-state index contributed by atoms with van der Waals surface area (Å²) < 4.78 is 0. The van der Waals surface area contributed by atoms with Gasteiger partial charge >= 0.3 is 0 Å². The maximum absolute atomic E-state index is 11.9. The number of amides is 1. The second kappa shape index (κ2) is 5.08. The molecular formula is C15H18N2O. The summed E-state index contributed by atoms with van der Waals surface area (Å²) >= 11 is 0. The van der Waals surface area contributed by atoms with Gasteiger partial charge in [-0.3, -0.25) is 4.79 Å². The normalized spacial score (nSPS) is 10.4. The average molecular weight is 242 g/mol. The number of hydrogen-bond acceptors (Lipinski definition) is 1. The molecule has 1 heterocycles. The minimum atomic E-state index is -0.0340. The molecule has 1 aromatic heterocycles. The minimum Gasteiger partial charge on any atom is -0.362 e. The highest BCUT2D eigenvalue weighted by Crippen LogP contribution is 2.09. The van der Waals surface area contributed by atoms with Gasteiger partial charge < -0.3 is 10.3 Å². The number of rotatable bonds is 3. The summed E-state index contributed by atoms with van der Waals surface area (Å²) in [5.41, 5.74) is 5.21. The lowest BCUT2D eigenvalue weighted by Gasteiger charge is -2.05. The van der Waals surface area contributed by atoms with E-state index in [2.05, 4.69) is 16.4 Å². The molecule has 2 aromatic rings. The molecule has 2 N–H and O–H groups in total. The molecule has 3 nitrogen and oxygen atoms in total. The van der Waals surface area contributed by atoms with Crippen LogP contribution in [0.2, 0.25) is 0 Å². The summed E-state index contributed by atoms with van der Waals surface area (Å²) in [5.74, 6) is -0.0340. The SMILES string of the molecule is Cc1ccc(C(=O)NCc2cc(C)[nH]c2C)cc1. The lowest BCUT2D eigenvalue weighted by atomic mass is 10.1. The molecule has 0 aliphatic heterocycles. The molecule has 0 atom stereocenters. The predicted octanol–water partition coefficient (Wildman–Crippen LogP) is 2.87. The van der Waals surface area contributed by atoms with E-state index in [0.717, 1.165) is 22.5 Å². The van der Waals surface area contributed by atoms with E-state index < -0.39 is 0 Å². The zero-order valence-corrected chi connectivity index (χ0v) is 11.0. The van der Waals surface area contributed by atoms with Crippen LogP contribution < -0.4 is 5.32 Å². The van der Waals surface area contributed by atoms with Crippen LogP contribution in [0, 0.1) is 20.8 Å². The number of aryl methyl sites for hydroxylation is 3. The van der Waals surface area contributed by atoms with Gasteiger partial charge in [0.15, 0.2) is 0 Å². The van der Waals surface area contributed by atoms with E-state index in [1.807, 2.05) is 45.0 Å². The van der Waals surface area contributed by atoms with Gasteiger partial charge in [0.05, 0.1) is 0 Å². The fourth-order valence-corrected chi connectivity index (χ4v) is 1.95. The largest absolute Gasteiger partial charge is 0.362 e. The second-order valence-corrected chi connectivity index (χ2v) is 4.65. The second-order valence-electron chi connectivity index (χ2n) is 4.65. The Bertz CT molecular complexity index is 552. The summed E-state index contributed by atoms with van der Waals surface area (Å²) in [6.07, 6.45) is 0. The first-order valence-corrected chi connectivity index (χ1v) is 6.06. The van der Waals surface area contributed by atoms with Crippen molar-refractivity contribution in [3.63, 3.8) is 0 Å². The molecule has 2 rings (SSSR count). The Hall–Kier alpha value is -2.03. The Morgan fingerprint density at radius 3 is 2.39 bits per heavy atom. The van der Waals surface area contributed by atoms with Gasteiger partial charge in [-0.05, 0) is 44.5 Å². The topological polar surface area (TPSA) is 44.9 Å². The minimum absolute atomic E-state index is 0.0340. The van der Waals surface area contributed by atoms with Crippen LogP contribution in [0.4, 0.5) is 0 Å². The molecule has 1 aromatic carbocycles. The van der Waals surface area contributed by atoms with Gasteiger partial charge in [-0.1, -0.05) is 17.7 Å². The van der Waals surface area contributed by atoms with E-state index in [1.165, 1.54) is 0 Å². The lowest BCUT2D eigenvalue weighted by Crippen LogP contribution is -2.22. The van der Waals surface area contributed by atoms with Crippen molar-refractivity contribution < 1.29 is 4.79 Å². The number of nitrogens with one attached hydrogen (secondary N) is 2. The quantitative estimate of drug-likeness (QED) is 0.854. The Balaban J connectivity index is 2.00. The molecule has 0 radical (unpaired) electrons. The van der Waals surface area contributed by atoms with E-state index in [1.54, 1.807) is 0 Å². The molecule has 0 saturated carbocycles. The number of benzene rings is 1. The highest BCUT2D eigenvalue weighted by Gasteiger charge is 2.06. The summed E-state index contributed by atoms with van der Waals surface area (Å²) in [6, 6.07) is 9.64. The van der Waals surface area contributed by atoms with Crippen LogP contribution in [0.3, 0.4) is 0 Å². The van der Waals surface area contributed by atoms with Gasteiger partial charge in [-0.2, -0.15) is 0 Å². The zero-order valence-electron chi connectivity index (χ0n) is 11.0. The van der Waals surface area contributed by atoms with E-state index in [0.29, 0.717) is 12.1 Å². The summed E-state index contributed by atoms with van der Waals surface area (Å²) in [4.78, 5) is 15.2. The first-order chi connectivity index (χ1) is 8.56. The molecule has 0 fully saturated rings. The molecule has 18 heavy (non-hydrogen) atoms. The highest BCUT2D eigenvalue weighted by atomic mass is 16.1. The van der Waals surface area contributed by atoms with Crippen molar-refractivity contribution in [3.8, 4) is 0 Å². The number of aromatic nitrogens is 1. The van der Waals surface area contributed by atoms with Crippen molar-refractivity contribution in [3.05, 3.63) is 58.4 Å². The van der Waals surface area contributed by atoms with Gasteiger partial charge in [-0.15, -0.1) is 0 Å². The van der Waals surface area contributed by atoms with Crippen molar-refractivity contribution in [1.82, 2.24) is 10.3 Å². The maximum Gasteiger partial charge on any atom is 0.251 e. The average Bonchev–Trinajstić information content (AvgIpc) is 2.66. The van der Waals surface area contributed by atoms with Crippen LogP contribution in [0.15, 0.2) is 30.3 Å². The van der Waals surface area contributed by atoms with Gasteiger partial charge in [0.1, 0.15) is 0 Å². The van der Waals surface area contributed by atoms with Crippen LogP contribution in [0.5, 0.6) is 0 Å². The number of aromatic amines is 1. The monoisotopic (exact) mass is 242 g/mol. The van der Waals surface area contributed by atoms with E-state index in [9.17, 15) is 4.79 Å². The molecule has 0 unspecified atom stereocenters. The molecule has 0 spiro atoms. The smallest absolute Gasteiger partial charge is 0.251 e. The van der Waals surface area contributed by atoms with E-state index in [-0.39, 0.29) is 5.91 Å². The van der Waals surface area contributed by atoms with Crippen LogP contribution in [0.1, 0.15) is 32.9 Å². The van der Waals surface area contributed by atoms with Crippen molar-refractivity contribution in [1.29, 1.82) is 0 Å². The first kappa shape index (κ1) is 12.4. The third-order valence-electron chi connectivity index (χ3n) is 3.01. The molecule has 1 amide bonds. The van der Waals surface area contributed by atoms with Crippen LogP contribution in [-0.2, 0) is 6.54 Å². The third kappa shape index (κ3) is 2.80. The van der Waals surface area contributed by atoms with Crippen molar-refractivity contribution in [2.24, 2.45) is 0 Å². The predicted molar refractivity (Wildman–Crippen MR) is 72.6 cm³/mol. The molecule has 0 aliphatic carbocycles. The van der Waals surface area contributed by atoms with Gasteiger partial charge in [0.2, 0.25) is 0 Å². The number of H-pyrrole nitrogens is 1. The van der Waals surface area contributed by atoms with Crippen molar-refractivity contribution in [2.75, 3.05) is 0 Å². The summed E-state index contributed by atoms with van der Waals surface area (Å²) in [6.45, 7) is 6.59. The van der Waals surface area contributed by atoms with E-state index >= 15 is 0 Å². The van der Waals surface area contributed by atoms with E-state index in [4.69, 9.17) is 0 Å².